The van der Waals surface area contributed by atoms with E-state index in [0.29, 0.717) is 41.9 Å². The van der Waals surface area contributed by atoms with Crippen LogP contribution in [0.3, 0.4) is 0 Å². The Balaban J connectivity index is 1.86. The number of rotatable bonds is 5. The Morgan fingerprint density at radius 2 is 1.91 bits per heavy atom. The van der Waals surface area contributed by atoms with E-state index >= 15 is 0 Å². The van der Waals surface area contributed by atoms with E-state index in [1.165, 1.54) is 6.26 Å². The number of hydrogen-bond donors (Lipinski definition) is 0. The Morgan fingerprint density at radius 1 is 1.21 bits per heavy atom. The molecule has 0 bridgehead atoms. The molecule has 1 atom stereocenters. The Kier molecular flexibility index (Phi) is 5.99. The summed E-state index contributed by atoms with van der Waals surface area (Å²) in [5.74, 6) is 0.275. The molecule has 1 aliphatic rings. The lowest BCUT2D eigenvalue weighted by molar-refractivity contribution is -0.139. The molecule has 1 aliphatic heterocycles. The second kappa shape index (κ2) is 8.40. The lowest BCUT2D eigenvalue weighted by atomic mass is 10.00. The molecule has 8 nitrogen and oxygen atoms in total. The van der Waals surface area contributed by atoms with E-state index in [2.05, 4.69) is 9.97 Å². The van der Waals surface area contributed by atoms with Crippen LogP contribution >= 0.6 is 0 Å². The van der Waals surface area contributed by atoms with Crippen molar-refractivity contribution in [1.29, 1.82) is 0 Å². The van der Waals surface area contributed by atoms with Crippen LogP contribution in [0.4, 0.5) is 19.1 Å². The minimum absolute atomic E-state index is 0.00720. The van der Waals surface area contributed by atoms with Crippen LogP contribution in [0.5, 0.6) is 5.88 Å². The van der Waals surface area contributed by atoms with Crippen molar-refractivity contribution < 1.29 is 26.3 Å². The number of anilines is 1. The van der Waals surface area contributed by atoms with Gasteiger partial charge in [-0.1, -0.05) is 20.8 Å². The molecule has 0 radical (unpaired) electrons. The number of alkyl halides is 3. The number of halogens is 3. The van der Waals surface area contributed by atoms with Gasteiger partial charge in [-0.15, -0.1) is 0 Å². The molecule has 0 saturated carbocycles. The summed E-state index contributed by atoms with van der Waals surface area (Å²) in [6.07, 6.45) is -2.16. The zero-order valence-electron chi connectivity index (χ0n) is 19.5. The van der Waals surface area contributed by atoms with Gasteiger partial charge in [0.25, 0.3) is 0 Å². The fraction of sp³-hybridized carbons (Fsp3) is 0.500. The van der Waals surface area contributed by atoms with Gasteiger partial charge in [-0.3, -0.25) is 0 Å². The molecule has 0 amide bonds. The van der Waals surface area contributed by atoms with Crippen molar-refractivity contribution in [3.05, 3.63) is 35.3 Å². The quantitative estimate of drug-likeness (QED) is 0.526. The summed E-state index contributed by atoms with van der Waals surface area (Å²) in [5, 5.41) is 0. The molecule has 12 heteroatoms. The van der Waals surface area contributed by atoms with E-state index < -0.39 is 27.5 Å². The van der Waals surface area contributed by atoms with E-state index in [4.69, 9.17) is 9.72 Å². The standard InChI is InChI=1S/C22H26F3N5O3S/c1-6-13-9-15-16(10-17(13)34(5,31)32)29-7-8-30(18(12(2)3)19(29)27-15)21-26-11-14(22(23,24)25)20(28-21)33-4/h9-12,18H,6-8H2,1-5H3/t18-/m1/s1. The van der Waals surface area contributed by atoms with Gasteiger partial charge in [0.2, 0.25) is 11.8 Å². The number of imidazole rings is 1. The van der Waals surface area contributed by atoms with Crippen molar-refractivity contribution in [1.82, 2.24) is 19.5 Å². The molecule has 0 fully saturated rings. The van der Waals surface area contributed by atoms with Crippen LogP contribution in [0.15, 0.2) is 23.2 Å². The number of fused-ring (bicyclic) bond motifs is 3. The highest BCUT2D eigenvalue weighted by molar-refractivity contribution is 7.90. The molecule has 3 aromatic rings. The summed E-state index contributed by atoms with van der Waals surface area (Å²) < 4.78 is 71.5. The molecule has 3 heterocycles. The highest BCUT2D eigenvalue weighted by atomic mass is 32.2. The zero-order chi connectivity index (χ0) is 25.0. The molecule has 184 valence electrons. The Labute approximate surface area is 195 Å². The maximum atomic E-state index is 13.3. The highest BCUT2D eigenvalue weighted by Gasteiger charge is 2.39. The second-order valence-corrected chi connectivity index (χ2v) is 10.7. The largest absolute Gasteiger partial charge is 0.480 e. The Bertz CT molecular complexity index is 1350. The molecule has 0 spiro atoms. The van der Waals surface area contributed by atoms with Gasteiger partial charge >= 0.3 is 6.18 Å². The number of aryl methyl sites for hydroxylation is 1. The van der Waals surface area contributed by atoms with Crippen molar-refractivity contribution in [2.75, 3.05) is 24.8 Å². The van der Waals surface area contributed by atoms with Crippen LogP contribution in [0.25, 0.3) is 11.0 Å². The maximum absolute atomic E-state index is 13.3. The van der Waals surface area contributed by atoms with Gasteiger partial charge < -0.3 is 14.2 Å². The van der Waals surface area contributed by atoms with Gasteiger partial charge in [-0.05, 0) is 30.0 Å². The SMILES string of the molecule is CCc1cc2nc3n(c2cc1S(C)(=O)=O)CCN(c1ncc(C(F)(F)F)c(OC)n1)[C@@H]3C(C)C. The predicted octanol–water partition coefficient (Wildman–Crippen LogP) is 4.04. The molecule has 1 aromatic carbocycles. The average molecular weight is 498 g/mol. The van der Waals surface area contributed by atoms with Crippen LogP contribution in [-0.2, 0) is 29.0 Å². The monoisotopic (exact) mass is 497 g/mol. The molecule has 2 aromatic heterocycles. The molecule has 34 heavy (non-hydrogen) atoms. The molecule has 0 saturated heterocycles. The highest BCUT2D eigenvalue weighted by Crippen LogP contribution is 2.39. The molecule has 4 rings (SSSR count). The number of hydrogen-bond acceptors (Lipinski definition) is 7. The number of nitrogens with zero attached hydrogens (tertiary/aromatic N) is 5. The number of aromatic nitrogens is 4. The summed E-state index contributed by atoms with van der Waals surface area (Å²) in [7, 11) is -2.29. The van der Waals surface area contributed by atoms with Gasteiger partial charge in [-0.25, -0.2) is 18.4 Å². The third-order valence-electron chi connectivity index (χ3n) is 6.03. The first-order chi connectivity index (χ1) is 15.9. The summed E-state index contributed by atoms with van der Waals surface area (Å²) in [6.45, 7) is 6.69. The van der Waals surface area contributed by atoms with Crippen molar-refractivity contribution >= 4 is 26.8 Å². The molecular formula is C22H26F3N5O3S. The first-order valence-electron chi connectivity index (χ1n) is 10.8. The summed E-state index contributed by atoms with van der Waals surface area (Å²) in [4.78, 5) is 15.0. The number of benzene rings is 1. The summed E-state index contributed by atoms with van der Waals surface area (Å²) in [6, 6.07) is 3.13. The van der Waals surface area contributed by atoms with Crippen LogP contribution in [-0.4, -0.2) is 47.8 Å². The van der Waals surface area contributed by atoms with E-state index in [9.17, 15) is 21.6 Å². The minimum Gasteiger partial charge on any atom is -0.480 e. The third kappa shape index (κ3) is 4.08. The van der Waals surface area contributed by atoms with Crippen molar-refractivity contribution in [3.8, 4) is 5.88 Å². The molecule has 0 aliphatic carbocycles. The maximum Gasteiger partial charge on any atom is 0.423 e. The van der Waals surface area contributed by atoms with Crippen LogP contribution in [0, 0.1) is 5.92 Å². The predicted molar refractivity (Wildman–Crippen MR) is 121 cm³/mol. The fourth-order valence-corrected chi connectivity index (χ4v) is 5.52. The van der Waals surface area contributed by atoms with Gasteiger partial charge in [0.1, 0.15) is 11.4 Å². The molecule has 0 N–H and O–H groups in total. The normalized spacial score (nSPS) is 16.9. The van der Waals surface area contributed by atoms with Crippen LogP contribution in [0.2, 0.25) is 0 Å². The lowest BCUT2D eigenvalue weighted by Gasteiger charge is -2.38. The van der Waals surface area contributed by atoms with Gasteiger partial charge in [-0.2, -0.15) is 18.2 Å². The van der Waals surface area contributed by atoms with E-state index in [-0.39, 0.29) is 22.8 Å². The summed E-state index contributed by atoms with van der Waals surface area (Å²) >= 11 is 0. The number of ether oxygens (including phenoxy) is 1. The molecular weight excluding hydrogens is 471 g/mol. The third-order valence-corrected chi connectivity index (χ3v) is 7.21. The first kappa shape index (κ1) is 24.2. The minimum atomic E-state index is -4.63. The van der Waals surface area contributed by atoms with Gasteiger partial charge in [0.05, 0.1) is 29.1 Å². The Morgan fingerprint density at radius 3 is 2.47 bits per heavy atom. The number of sulfone groups is 1. The topological polar surface area (TPSA) is 90.2 Å². The van der Waals surface area contributed by atoms with E-state index in [1.54, 1.807) is 12.1 Å². The first-order valence-corrected chi connectivity index (χ1v) is 12.7. The number of methoxy groups -OCH3 is 1. The van der Waals surface area contributed by atoms with Crippen molar-refractivity contribution in [2.24, 2.45) is 5.92 Å². The summed E-state index contributed by atoms with van der Waals surface area (Å²) in [5.41, 5.74) is 1.05. The average Bonchev–Trinajstić information content (AvgIpc) is 3.13. The fourth-order valence-electron chi connectivity index (χ4n) is 4.51. The van der Waals surface area contributed by atoms with Gasteiger partial charge in [0.15, 0.2) is 9.84 Å². The van der Waals surface area contributed by atoms with Crippen molar-refractivity contribution in [3.63, 3.8) is 0 Å². The van der Waals surface area contributed by atoms with Crippen LogP contribution in [0.1, 0.15) is 43.8 Å². The zero-order valence-corrected chi connectivity index (χ0v) is 20.3. The van der Waals surface area contributed by atoms with E-state index in [1.807, 2.05) is 30.2 Å². The lowest BCUT2D eigenvalue weighted by Crippen LogP contribution is -2.42. The Hall–Kier alpha value is -2.89. The van der Waals surface area contributed by atoms with Crippen LogP contribution < -0.4 is 9.64 Å². The molecule has 0 unspecified atom stereocenters. The smallest absolute Gasteiger partial charge is 0.423 e. The second-order valence-electron chi connectivity index (χ2n) is 8.67. The van der Waals surface area contributed by atoms with Gasteiger partial charge in [0, 0.05) is 25.5 Å². The van der Waals surface area contributed by atoms with Crippen molar-refractivity contribution in [2.45, 2.75) is 50.9 Å². The van der Waals surface area contributed by atoms with E-state index in [0.717, 1.165) is 13.3 Å².